The predicted molar refractivity (Wildman–Crippen MR) is 161 cm³/mol. The summed E-state index contributed by atoms with van der Waals surface area (Å²) in [7, 11) is 0.00238. The number of carbonyl (C=O) groups excluding carboxylic acids is 1. The van der Waals surface area contributed by atoms with Gasteiger partial charge in [0.2, 0.25) is 5.13 Å². The van der Waals surface area contributed by atoms with Crippen molar-refractivity contribution in [2.75, 3.05) is 12.4 Å². The van der Waals surface area contributed by atoms with Gasteiger partial charge in [0.15, 0.2) is 11.0 Å². The van der Waals surface area contributed by atoms with E-state index in [-0.39, 0.29) is 22.5 Å². The molecule has 1 unspecified atom stereocenters. The molecule has 0 saturated heterocycles. The summed E-state index contributed by atoms with van der Waals surface area (Å²) in [5.74, 6) is 0.0683. The van der Waals surface area contributed by atoms with Crippen molar-refractivity contribution < 1.29 is 18.5 Å². The van der Waals surface area contributed by atoms with Crippen LogP contribution in [-0.2, 0) is 17.6 Å². The number of amides is 1. The van der Waals surface area contributed by atoms with Crippen molar-refractivity contribution in [2.45, 2.75) is 11.5 Å². The van der Waals surface area contributed by atoms with Crippen molar-refractivity contribution in [1.82, 2.24) is 24.1 Å². The molecule has 0 fully saturated rings. The van der Waals surface area contributed by atoms with Crippen LogP contribution < -0.4 is 14.8 Å². The number of nitrogens with one attached hydrogen (secondary N) is 1. The molecule has 1 N–H and O–H groups in total. The minimum Gasteiger partial charge on any atom is -0.496 e. The maximum absolute atomic E-state index is 13.7. The number of nitrogens with zero attached hydrogens (tertiary/aromatic N) is 5. The lowest BCUT2D eigenvalue weighted by Gasteiger charge is -2.13. The highest BCUT2D eigenvalue weighted by atomic mass is 35.5. The van der Waals surface area contributed by atoms with Crippen LogP contribution in [0.2, 0.25) is 5.02 Å². The number of benzene rings is 2. The van der Waals surface area contributed by atoms with E-state index in [9.17, 15) is 9.00 Å². The Morgan fingerprint density at radius 3 is 2.64 bits per heavy atom. The van der Waals surface area contributed by atoms with Crippen LogP contribution in [-0.4, -0.2) is 41.4 Å². The lowest BCUT2D eigenvalue weighted by atomic mass is 10.0. The van der Waals surface area contributed by atoms with Crippen LogP contribution in [0.5, 0.6) is 10.9 Å². The number of hydrogen-bond acceptors (Lipinski definition) is 9. The molecule has 0 bridgehead atoms. The molecule has 6 aromatic rings. The summed E-state index contributed by atoms with van der Waals surface area (Å²) in [4.78, 5) is 23.4. The minimum absolute atomic E-state index is 0.161. The molecule has 1 atom stereocenters. The van der Waals surface area contributed by atoms with Gasteiger partial charge < -0.3 is 9.47 Å². The standard InChI is InChI=1S/C29H21ClN6O4S2/c1-39-25-10-6-5-9-21(25)26-22(15-24-23(32-26)13-14-36(24)42(38)20-7-3-2-4-8-20)27(37)33-28-34-35-29(41-28)40-17-19-12-11-18(30)16-31-19/h2-16H,17H2,1H3,(H,33,34,37). The first-order chi connectivity index (χ1) is 20.5. The molecule has 13 heteroatoms. The van der Waals surface area contributed by atoms with Crippen LogP contribution in [0.1, 0.15) is 16.1 Å². The van der Waals surface area contributed by atoms with Crippen LogP contribution in [0.4, 0.5) is 5.13 Å². The fourth-order valence-corrected chi connectivity index (χ4v) is 5.97. The highest BCUT2D eigenvalue weighted by Gasteiger charge is 2.22. The SMILES string of the molecule is COc1ccccc1-c1nc2ccn(S(=O)c3ccccc3)c2cc1C(=O)Nc1nnc(OCc2ccc(Cl)cn2)s1. The van der Waals surface area contributed by atoms with Gasteiger partial charge in [-0.3, -0.25) is 19.1 Å². The van der Waals surface area contributed by atoms with Gasteiger partial charge in [0.1, 0.15) is 12.4 Å². The maximum atomic E-state index is 13.7. The second kappa shape index (κ2) is 12.1. The molecule has 0 aliphatic carbocycles. The Balaban J connectivity index is 1.34. The summed E-state index contributed by atoms with van der Waals surface area (Å²) in [5.41, 5.74) is 3.02. The van der Waals surface area contributed by atoms with Gasteiger partial charge >= 0.3 is 0 Å². The fourth-order valence-electron chi connectivity index (χ4n) is 4.16. The Labute approximate surface area is 251 Å². The molecular formula is C29H21ClN6O4S2. The molecule has 4 heterocycles. The molecule has 42 heavy (non-hydrogen) atoms. The molecule has 0 saturated carbocycles. The molecule has 0 aliphatic rings. The third-order valence-electron chi connectivity index (χ3n) is 6.13. The van der Waals surface area contributed by atoms with E-state index in [1.807, 2.05) is 36.4 Å². The lowest BCUT2D eigenvalue weighted by molar-refractivity contribution is 0.102. The first-order valence-corrected chi connectivity index (χ1v) is 14.8. The molecule has 4 aromatic heterocycles. The number of carbonyl (C=O) groups is 1. The van der Waals surface area contributed by atoms with Crippen LogP contribution in [0.3, 0.4) is 0 Å². The van der Waals surface area contributed by atoms with E-state index in [2.05, 4.69) is 20.5 Å². The highest BCUT2D eigenvalue weighted by molar-refractivity contribution is 7.83. The Morgan fingerprint density at radius 1 is 1.05 bits per heavy atom. The normalized spacial score (nSPS) is 11.8. The second-order valence-electron chi connectivity index (χ2n) is 8.78. The third kappa shape index (κ3) is 5.73. The van der Waals surface area contributed by atoms with Gasteiger partial charge in [-0.2, -0.15) is 0 Å². The molecule has 1 amide bonds. The Kier molecular flexibility index (Phi) is 7.91. The zero-order valence-electron chi connectivity index (χ0n) is 21.9. The topological polar surface area (TPSA) is 121 Å². The average molecular weight is 617 g/mol. The van der Waals surface area contributed by atoms with Gasteiger partial charge in [-0.25, -0.2) is 9.19 Å². The van der Waals surface area contributed by atoms with Gasteiger partial charge in [-0.15, -0.1) is 5.10 Å². The summed E-state index contributed by atoms with van der Waals surface area (Å²) in [5, 5.41) is 11.9. The van der Waals surface area contributed by atoms with Crippen molar-refractivity contribution in [3.8, 4) is 22.2 Å². The number of halogens is 1. The van der Waals surface area contributed by atoms with Crippen LogP contribution in [0.15, 0.2) is 96.2 Å². The first kappa shape index (κ1) is 27.5. The molecule has 6 rings (SSSR count). The summed E-state index contributed by atoms with van der Waals surface area (Å²) in [6.07, 6.45) is 3.22. The van der Waals surface area contributed by atoms with Crippen molar-refractivity contribution in [2.24, 2.45) is 0 Å². The van der Waals surface area contributed by atoms with E-state index in [1.54, 1.807) is 59.7 Å². The van der Waals surface area contributed by atoms with E-state index >= 15 is 0 Å². The second-order valence-corrected chi connectivity index (χ2v) is 11.5. The summed E-state index contributed by atoms with van der Waals surface area (Å²) >= 11 is 6.95. The fraction of sp³-hybridized carbons (Fsp3) is 0.0690. The Bertz CT molecular complexity index is 1910. The number of rotatable bonds is 9. The van der Waals surface area contributed by atoms with Crippen molar-refractivity contribution in [1.29, 1.82) is 0 Å². The number of hydrogen-bond donors (Lipinski definition) is 1. The van der Waals surface area contributed by atoms with E-state index in [0.29, 0.717) is 43.7 Å². The summed E-state index contributed by atoms with van der Waals surface area (Å²) in [6.45, 7) is 0.161. The van der Waals surface area contributed by atoms with E-state index < -0.39 is 16.9 Å². The smallest absolute Gasteiger partial charge is 0.296 e. The first-order valence-electron chi connectivity index (χ1n) is 12.5. The number of pyridine rings is 2. The average Bonchev–Trinajstić information content (AvgIpc) is 3.66. The van der Waals surface area contributed by atoms with Crippen molar-refractivity contribution in [3.05, 3.63) is 108 Å². The van der Waals surface area contributed by atoms with Crippen molar-refractivity contribution >= 4 is 56.0 Å². The number of methoxy groups -OCH3 is 1. The zero-order valence-corrected chi connectivity index (χ0v) is 24.3. The number of anilines is 1. The molecule has 2 aromatic carbocycles. The highest BCUT2D eigenvalue weighted by Crippen LogP contribution is 2.34. The number of para-hydroxylation sites is 1. The molecule has 10 nitrogen and oxygen atoms in total. The van der Waals surface area contributed by atoms with Gasteiger partial charge in [0.25, 0.3) is 11.1 Å². The Hall–Kier alpha value is -4.65. The Morgan fingerprint density at radius 2 is 1.86 bits per heavy atom. The van der Waals surface area contributed by atoms with E-state index in [0.717, 1.165) is 11.3 Å². The molecule has 210 valence electrons. The summed E-state index contributed by atoms with van der Waals surface area (Å²) in [6, 6.07) is 23.3. The van der Waals surface area contributed by atoms with Gasteiger partial charge in [0.05, 0.1) is 45.0 Å². The monoisotopic (exact) mass is 616 g/mol. The zero-order chi connectivity index (χ0) is 29.1. The van der Waals surface area contributed by atoms with Gasteiger partial charge in [0, 0.05) is 18.0 Å². The van der Waals surface area contributed by atoms with Gasteiger partial charge in [-0.05, 0) is 59.9 Å². The number of fused-ring (bicyclic) bond motifs is 1. The molecular weight excluding hydrogens is 596 g/mol. The van der Waals surface area contributed by atoms with Crippen LogP contribution >= 0.6 is 22.9 Å². The minimum atomic E-state index is -1.55. The van der Waals surface area contributed by atoms with Gasteiger partial charge in [-0.1, -0.05) is 47.0 Å². The molecule has 0 radical (unpaired) electrons. The number of aromatic nitrogens is 5. The van der Waals surface area contributed by atoms with E-state index in [4.69, 9.17) is 26.1 Å². The van der Waals surface area contributed by atoms with Crippen LogP contribution in [0.25, 0.3) is 22.3 Å². The maximum Gasteiger partial charge on any atom is 0.296 e. The predicted octanol–water partition coefficient (Wildman–Crippen LogP) is 6.01. The third-order valence-corrected chi connectivity index (χ3v) is 8.45. The quantitative estimate of drug-likeness (QED) is 0.209. The summed E-state index contributed by atoms with van der Waals surface area (Å²) < 4.78 is 26.2. The van der Waals surface area contributed by atoms with Crippen LogP contribution in [0, 0.1) is 0 Å². The van der Waals surface area contributed by atoms with Crippen molar-refractivity contribution in [3.63, 3.8) is 0 Å². The lowest BCUT2D eigenvalue weighted by Crippen LogP contribution is -2.15. The number of ether oxygens (including phenoxy) is 2. The molecule has 0 aliphatic heterocycles. The molecule has 0 spiro atoms. The largest absolute Gasteiger partial charge is 0.496 e. The van der Waals surface area contributed by atoms with E-state index in [1.165, 1.54) is 6.20 Å².